The minimum Gasteiger partial charge on any atom is -0.315 e. The Morgan fingerprint density at radius 2 is 1.96 bits per heavy atom. The van der Waals surface area contributed by atoms with Crippen LogP contribution < -0.4 is 5.32 Å². The predicted molar refractivity (Wildman–Crippen MR) is 107 cm³/mol. The summed E-state index contributed by atoms with van der Waals surface area (Å²) in [7, 11) is -3.62. The van der Waals surface area contributed by atoms with Gasteiger partial charge < -0.3 is 10.2 Å². The van der Waals surface area contributed by atoms with Crippen LogP contribution in [0.2, 0.25) is 0 Å². The van der Waals surface area contributed by atoms with Gasteiger partial charge in [0, 0.05) is 25.7 Å². The van der Waals surface area contributed by atoms with Crippen molar-refractivity contribution in [3.63, 3.8) is 0 Å². The molecule has 1 aliphatic carbocycles. The van der Waals surface area contributed by atoms with Gasteiger partial charge in [-0.15, -0.1) is 0 Å². The van der Waals surface area contributed by atoms with Crippen LogP contribution in [0.4, 0.5) is 4.39 Å². The first-order valence-corrected chi connectivity index (χ1v) is 11.7. The van der Waals surface area contributed by atoms with Gasteiger partial charge in [-0.1, -0.05) is 0 Å². The molecule has 10 heteroatoms. The van der Waals surface area contributed by atoms with Gasteiger partial charge in [0.15, 0.2) is 3.55 Å². The van der Waals surface area contributed by atoms with Gasteiger partial charge in [0.05, 0.1) is 11.4 Å². The molecular weight excluding hydrogens is 498 g/mol. The Morgan fingerprint density at radius 3 is 2.57 bits per heavy atom. The van der Waals surface area contributed by atoms with E-state index in [0.29, 0.717) is 26.1 Å². The van der Waals surface area contributed by atoms with E-state index in [2.05, 4.69) is 11.4 Å². The number of amides is 1. The van der Waals surface area contributed by atoms with E-state index in [0.717, 1.165) is 18.6 Å². The van der Waals surface area contributed by atoms with E-state index in [-0.39, 0.29) is 35.2 Å². The van der Waals surface area contributed by atoms with Crippen molar-refractivity contribution < 1.29 is 17.6 Å². The average Bonchev–Trinajstić information content (AvgIpc) is 3.01. The van der Waals surface area contributed by atoms with Gasteiger partial charge in [-0.2, -0.15) is 9.57 Å². The fraction of sp³-hybridized carbons (Fsp3) is 0.556. The Morgan fingerprint density at radius 1 is 1.32 bits per heavy atom. The zero-order valence-corrected chi connectivity index (χ0v) is 18.0. The summed E-state index contributed by atoms with van der Waals surface area (Å²) in [6.07, 6.45) is 1.51. The molecular formula is C18H20FIN4O3S. The van der Waals surface area contributed by atoms with Crippen LogP contribution in [0.15, 0.2) is 29.2 Å². The molecule has 1 saturated carbocycles. The highest BCUT2D eigenvalue weighted by atomic mass is 127. The van der Waals surface area contributed by atoms with Crippen LogP contribution in [-0.4, -0.2) is 59.3 Å². The number of hydrogen-bond acceptors (Lipinski definition) is 5. The zero-order valence-electron chi connectivity index (χ0n) is 15.0. The molecule has 2 saturated heterocycles. The zero-order chi connectivity index (χ0) is 20.1. The summed E-state index contributed by atoms with van der Waals surface area (Å²) >= 11 is 2.04. The van der Waals surface area contributed by atoms with Gasteiger partial charge in [0.1, 0.15) is 11.9 Å². The van der Waals surface area contributed by atoms with Gasteiger partial charge in [-0.25, -0.2) is 12.8 Å². The number of alkyl halides is 1. The number of fused-ring (bicyclic) bond motifs is 1. The highest BCUT2D eigenvalue weighted by Crippen LogP contribution is 2.47. The van der Waals surface area contributed by atoms with Gasteiger partial charge in [-0.05, 0) is 71.5 Å². The molecule has 1 N–H and O–H groups in total. The number of hydrogen-bond donors (Lipinski definition) is 1. The predicted octanol–water partition coefficient (Wildman–Crippen LogP) is 1.31. The van der Waals surface area contributed by atoms with Gasteiger partial charge in [-0.3, -0.25) is 4.79 Å². The second-order valence-corrected chi connectivity index (χ2v) is 11.3. The molecule has 0 aromatic heterocycles. The third kappa shape index (κ3) is 3.42. The second kappa shape index (κ2) is 7.19. The quantitative estimate of drug-likeness (QED) is 0.361. The van der Waals surface area contributed by atoms with Gasteiger partial charge in [0.25, 0.3) is 0 Å². The Kier molecular flexibility index (Phi) is 5.14. The van der Waals surface area contributed by atoms with Crippen molar-refractivity contribution in [2.75, 3.05) is 26.2 Å². The topological polar surface area (TPSA) is 93.5 Å². The Labute approximate surface area is 177 Å². The standard InChI is InChI=1S/C18H20FIN4O3S/c19-12-2-4-13(5-3-12)28(26,27)23-9-14-15(10-23)17(14)22-8-16(25)24-7-1-6-18(24,20)11-21/h2-5,14-15,17,22H,1,6-10H2/t14?,15?,17?,18-/m1/s1. The number of nitrogens with one attached hydrogen (secondary N) is 1. The fourth-order valence-electron chi connectivity index (χ4n) is 4.27. The van der Waals surface area contributed by atoms with Crippen LogP contribution in [0, 0.1) is 29.0 Å². The number of likely N-dealkylation sites (tertiary alicyclic amines) is 1. The van der Waals surface area contributed by atoms with Crippen LogP contribution in [0.3, 0.4) is 0 Å². The lowest BCUT2D eigenvalue weighted by atomic mass is 10.2. The van der Waals surface area contributed by atoms with Crippen molar-refractivity contribution in [1.82, 2.24) is 14.5 Å². The summed E-state index contributed by atoms with van der Waals surface area (Å²) in [5.74, 6) is -0.194. The van der Waals surface area contributed by atoms with Gasteiger partial charge in [0.2, 0.25) is 15.9 Å². The van der Waals surface area contributed by atoms with Crippen LogP contribution in [0.5, 0.6) is 0 Å². The average molecular weight is 518 g/mol. The molecule has 2 unspecified atom stereocenters. The molecule has 4 rings (SSSR count). The van der Waals surface area contributed by atoms with E-state index in [1.807, 2.05) is 22.6 Å². The first kappa shape index (κ1) is 20.0. The maximum absolute atomic E-state index is 13.0. The first-order chi connectivity index (χ1) is 13.3. The third-order valence-corrected chi connectivity index (χ3v) is 9.10. The number of piperidine rings is 1. The summed E-state index contributed by atoms with van der Waals surface area (Å²) in [6, 6.07) is 7.20. The molecule has 3 atom stereocenters. The molecule has 0 radical (unpaired) electrons. The van der Waals surface area contributed by atoms with E-state index in [1.165, 1.54) is 16.4 Å². The molecule has 2 heterocycles. The lowest BCUT2D eigenvalue weighted by Crippen LogP contribution is -2.46. The number of rotatable bonds is 5. The lowest BCUT2D eigenvalue weighted by molar-refractivity contribution is -0.130. The molecule has 2 aliphatic heterocycles. The van der Waals surface area contributed by atoms with E-state index >= 15 is 0 Å². The molecule has 7 nitrogen and oxygen atoms in total. The summed E-state index contributed by atoms with van der Waals surface area (Å²) in [6.45, 7) is 1.55. The number of benzene rings is 1. The highest BCUT2D eigenvalue weighted by Gasteiger charge is 2.58. The second-order valence-electron chi connectivity index (χ2n) is 7.53. The molecule has 150 valence electrons. The molecule has 3 fully saturated rings. The molecule has 28 heavy (non-hydrogen) atoms. The van der Waals surface area contributed by atoms with Crippen molar-refractivity contribution in [3.8, 4) is 6.07 Å². The lowest BCUT2D eigenvalue weighted by Gasteiger charge is -2.27. The molecule has 0 bridgehead atoms. The Bertz CT molecular complexity index is 923. The molecule has 1 amide bonds. The number of carbonyl (C=O) groups is 1. The van der Waals surface area contributed by atoms with Crippen LogP contribution in [-0.2, 0) is 14.8 Å². The van der Waals surface area contributed by atoms with E-state index in [1.54, 1.807) is 4.90 Å². The van der Waals surface area contributed by atoms with Crippen molar-refractivity contribution in [3.05, 3.63) is 30.1 Å². The van der Waals surface area contributed by atoms with Gasteiger partial charge >= 0.3 is 0 Å². The van der Waals surface area contributed by atoms with Crippen LogP contribution in [0.1, 0.15) is 12.8 Å². The summed E-state index contributed by atoms with van der Waals surface area (Å²) < 4.78 is 39.0. The highest BCUT2D eigenvalue weighted by molar-refractivity contribution is 14.1. The number of nitrogens with zero attached hydrogens (tertiary/aromatic N) is 3. The minimum atomic E-state index is -3.62. The molecule has 1 aromatic carbocycles. The number of nitriles is 1. The minimum absolute atomic E-state index is 0.0887. The third-order valence-electron chi connectivity index (χ3n) is 5.89. The summed E-state index contributed by atoms with van der Waals surface area (Å²) in [4.78, 5) is 14.2. The van der Waals surface area contributed by atoms with Crippen LogP contribution in [0.25, 0.3) is 0 Å². The normalized spacial score (nSPS) is 32.2. The monoisotopic (exact) mass is 518 g/mol. The molecule has 3 aliphatic rings. The smallest absolute Gasteiger partial charge is 0.243 e. The van der Waals surface area contributed by atoms with E-state index < -0.39 is 19.4 Å². The van der Waals surface area contributed by atoms with Crippen LogP contribution >= 0.6 is 22.6 Å². The summed E-state index contributed by atoms with van der Waals surface area (Å²) in [5, 5.41) is 12.6. The number of halogens is 2. The van der Waals surface area contributed by atoms with Crippen molar-refractivity contribution in [2.24, 2.45) is 11.8 Å². The van der Waals surface area contributed by atoms with E-state index in [9.17, 15) is 22.9 Å². The van der Waals surface area contributed by atoms with Crippen molar-refractivity contribution in [1.29, 1.82) is 5.26 Å². The Hall–Kier alpha value is -1.29. The SMILES string of the molecule is N#C[C@@]1(I)CCCN1C(=O)CNC1C2CN(S(=O)(=O)c3ccc(F)cc3)CC21. The Balaban J connectivity index is 1.30. The van der Waals surface area contributed by atoms with Crippen molar-refractivity contribution in [2.45, 2.75) is 27.3 Å². The number of sulfonamides is 1. The maximum Gasteiger partial charge on any atom is 0.243 e. The molecule has 1 aromatic rings. The molecule has 0 spiro atoms. The largest absolute Gasteiger partial charge is 0.315 e. The summed E-state index contributed by atoms with van der Waals surface area (Å²) in [5.41, 5.74) is 0. The first-order valence-electron chi connectivity index (χ1n) is 9.16. The van der Waals surface area contributed by atoms with Crippen molar-refractivity contribution >= 4 is 38.5 Å². The van der Waals surface area contributed by atoms with E-state index in [4.69, 9.17) is 0 Å². The fourth-order valence-corrected chi connectivity index (χ4v) is 6.67. The number of carbonyl (C=O) groups excluding carboxylic acids is 1. The maximum atomic E-state index is 13.0.